The first kappa shape index (κ1) is 27.6. The molecule has 10 heteroatoms. The van der Waals surface area contributed by atoms with E-state index in [1.807, 2.05) is 27.7 Å². The molecule has 2 aromatic carbocycles. The highest BCUT2D eigenvalue weighted by Gasteiger charge is 2.35. The number of alkyl halides is 3. The molecule has 2 heterocycles. The minimum Gasteiger partial charge on any atom is -0.381 e. The van der Waals surface area contributed by atoms with Gasteiger partial charge in [0.15, 0.2) is 0 Å². The smallest absolute Gasteiger partial charge is 0.381 e. The number of amides is 1. The fraction of sp³-hybridized carbons (Fsp3) is 0.464. The van der Waals surface area contributed by atoms with E-state index in [1.54, 1.807) is 29.2 Å². The molecule has 204 valence electrons. The van der Waals surface area contributed by atoms with Crippen molar-refractivity contribution in [3.8, 4) is 0 Å². The Hall–Kier alpha value is -3.40. The SMILES string of the molecule is CC.CC1CN(C(=O)c2ccc(NCc3cc4c(=O)[nH]c(C5CC5)nc4cc3C(F)(F)F)cc2)CC(C)O1. The third-order valence-corrected chi connectivity index (χ3v) is 6.54. The van der Waals surface area contributed by atoms with Gasteiger partial charge in [-0.25, -0.2) is 4.98 Å². The van der Waals surface area contributed by atoms with Crippen molar-refractivity contribution in [1.82, 2.24) is 14.9 Å². The molecule has 0 spiro atoms. The number of H-pyrrole nitrogens is 1. The number of rotatable bonds is 5. The fourth-order valence-corrected chi connectivity index (χ4v) is 4.66. The van der Waals surface area contributed by atoms with Crippen LogP contribution in [0.3, 0.4) is 0 Å². The van der Waals surface area contributed by atoms with Crippen molar-refractivity contribution in [2.75, 3.05) is 18.4 Å². The van der Waals surface area contributed by atoms with Gasteiger partial charge in [0.1, 0.15) is 5.82 Å². The average molecular weight is 531 g/mol. The first-order valence-electron chi connectivity index (χ1n) is 13.0. The number of ether oxygens (including phenoxy) is 1. The lowest BCUT2D eigenvalue weighted by Gasteiger charge is -2.35. The minimum atomic E-state index is -4.60. The van der Waals surface area contributed by atoms with Crippen LogP contribution in [0.1, 0.15) is 73.8 Å². The largest absolute Gasteiger partial charge is 0.416 e. The van der Waals surface area contributed by atoms with Crippen molar-refractivity contribution in [3.63, 3.8) is 0 Å². The van der Waals surface area contributed by atoms with Crippen LogP contribution in [-0.4, -0.2) is 46.1 Å². The third kappa shape index (κ3) is 6.18. The van der Waals surface area contributed by atoms with Crippen molar-refractivity contribution in [3.05, 3.63) is 69.3 Å². The lowest BCUT2D eigenvalue weighted by molar-refractivity contribution is -0.138. The van der Waals surface area contributed by atoms with Gasteiger partial charge in [0.2, 0.25) is 0 Å². The van der Waals surface area contributed by atoms with Crippen molar-refractivity contribution < 1.29 is 22.7 Å². The van der Waals surface area contributed by atoms with Crippen LogP contribution in [0, 0.1) is 0 Å². The summed E-state index contributed by atoms with van der Waals surface area (Å²) in [6.07, 6.45) is -2.95. The number of halogens is 3. The summed E-state index contributed by atoms with van der Waals surface area (Å²) in [5, 5.41) is 3.10. The van der Waals surface area contributed by atoms with Gasteiger partial charge in [-0.1, -0.05) is 13.8 Å². The van der Waals surface area contributed by atoms with E-state index in [-0.39, 0.29) is 47.0 Å². The molecule has 2 fully saturated rings. The van der Waals surface area contributed by atoms with E-state index in [2.05, 4.69) is 15.3 Å². The number of hydrogen-bond donors (Lipinski definition) is 2. The maximum atomic E-state index is 13.9. The van der Waals surface area contributed by atoms with E-state index >= 15 is 0 Å². The molecule has 0 radical (unpaired) electrons. The number of benzene rings is 2. The Morgan fingerprint density at radius 1 is 1.11 bits per heavy atom. The number of anilines is 1. The quantitative estimate of drug-likeness (QED) is 0.442. The van der Waals surface area contributed by atoms with E-state index in [4.69, 9.17) is 4.74 Å². The number of morpholine rings is 1. The number of nitrogens with zero attached hydrogens (tertiary/aromatic N) is 2. The molecule has 1 saturated carbocycles. The second kappa shape index (κ2) is 11.1. The van der Waals surface area contributed by atoms with Crippen molar-refractivity contribution in [2.45, 2.75) is 71.4 Å². The van der Waals surface area contributed by atoms with E-state index in [9.17, 15) is 22.8 Å². The molecule has 2 N–H and O–H groups in total. The van der Waals surface area contributed by atoms with Gasteiger partial charge in [0, 0.05) is 36.8 Å². The molecule has 0 bridgehead atoms. The summed E-state index contributed by atoms with van der Waals surface area (Å²) in [4.78, 5) is 34.1. The van der Waals surface area contributed by atoms with Gasteiger partial charge in [-0.05, 0) is 68.7 Å². The summed E-state index contributed by atoms with van der Waals surface area (Å²) < 4.78 is 47.2. The summed E-state index contributed by atoms with van der Waals surface area (Å²) in [7, 11) is 0. The number of nitrogens with one attached hydrogen (secondary N) is 2. The molecule has 1 aliphatic heterocycles. The van der Waals surface area contributed by atoms with Crippen molar-refractivity contribution >= 4 is 22.5 Å². The molecule has 38 heavy (non-hydrogen) atoms. The minimum absolute atomic E-state index is 0.0475. The number of carbonyl (C=O) groups is 1. The van der Waals surface area contributed by atoms with Crippen LogP contribution in [-0.2, 0) is 17.5 Å². The molecule has 2 unspecified atom stereocenters. The fourth-order valence-electron chi connectivity index (χ4n) is 4.66. The lowest BCUT2D eigenvalue weighted by Crippen LogP contribution is -2.48. The van der Waals surface area contributed by atoms with Crippen LogP contribution >= 0.6 is 0 Å². The second-order valence-electron chi connectivity index (χ2n) is 9.65. The number of hydrogen-bond acceptors (Lipinski definition) is 5. The van der Waals surface area contributed by atoms with Crippen LogP contribution in [0.15, 0.2) is 41.2 Å². The summed E-state index contributed by atoms with van der Waals surface area (Å²) in [6.45, 7) is 8.69. The average Bonchev–Trinajstić information content (AvgIpc) is 3.73. The Morgan fingerprint density at radius 3 is 2.32 bits per heavy atom. The highest BCUT2D eigenvalue weighted by atomic mass is 19.4. The molecule has 1 aromatic heterocycles. The first-order valence-corrected chi connectivity index (χ1v) is 13.0. The standard InChI is InChI=1S/C26H27F3N4O3.C2H6/c1-14-12-33(13-15(2)36-14)25(35)17-5-7-19(8-6-17)30-11-18-9-20-22(10-21(18)26(27,28)29)31-23(16-3-4-16)32-24(20)34;1-2/h5-10,14-16,30H,3-4,11-13H2,1-2H3,(H,31,32,34);1-2H3. The molecule has 1 amide bonds. The Morgan fingerprint density at radius 2 is 1.74 bits per heavy atom. The van der Waals surface area contributed by atoms with Gasteiger partial charge in [-0.3, -0.25) is 9.59 Å². The summed E-state index contributed by atoms with van der Waals surface area (Å²) in [5.41, 5.74) is -0.229. The monoisotopic (exact) mass is 530 g/mol. The number of aromatic amines is 1. The van der Waals surface area contributed by atoms with Gasteiger partial charge in [0.05, 0.1) is 28.7 Å². The van der Waals surface area contributed by atoms with Crippen LogP contribution in [0.2, 0.25) is 0 Å². The van der Waals surface area contributed by atoms with E-state index in [1.165, 1.54) is 6.07 Å². The predicted molar refractivity (Wildman–Crippen MR) is 140 cm³/mol. The molecule has 5 rings (SSSR count). The summed E-state index contributed by atoms with van der Waals surface area (Å²) in [5.74, 6) is 0.444. The molecule has 2 atom stereocenters. The van der Waals surface area contributed by atoms with Gasteiger partial charge in [-0.15, -0.1) is 0 Å². The zero-order chi connectivity index (χ0) is 27.6. The predicted octanol–water partition coefficient (Wildman–Crippen LogP) is 5.71. The van der Waals surface area contributed by atoms with Gasteiger partial charge in [0.25, 0.3) is 11.5 Å². The number of fused-ring (bicyclic) bond motifs is 1. The highest BCUT2D eigenvalue weighted by molar-refractivity contribution is 5.94. The van der Waals surface area contributed by atoms with E-state index in [0.717, 1.165) is 18.9 Å². The Bertz CT molecular complexity index is 1340. The maximum absolute atomic E-state index is 13.9. The lowest BCUT2D eigenvalue weighted by atomic mass is 10.0. The number of carbonyl (C=O) groups excluding carboxylic acids is 1. The van der Waals surface area contributed by atoms with Crippen molar-refractivity contribution in [2.24, 2.45) is 0 Å². The first-order chi connectivity index (χ1) is 18.1. The number of aromatic nitrogens is 2. The Labute approximate surface area is 219 Å². The van der Waals surface area contributed by atoms with Gasteiger partial charge >= 0.3 is 6.18 Å². The van der Waals surface area contributed by atoms with Crippen molar-refractivity contribution in [1.29, 1.82) is 0 Å². The summed E-state index contributed by atoms with van der Waals surface area (Å²) in [6, 6.07) is 8.82. The zero-order valence-corrected chi connectivity index (χ0v) is 22.0. The molecule has 1 saturated heterocycles. The molecule has 2 aliphatic rings. The van der Waals surface area contributed by atoms with E-state index in [0.29, 0.717) is 30.2 Å². The topological polar surface area (TPSA) is 87.3 Å². The van der Waals surface area contributed by atoms with Gasteiger partial charge < -0.3 is 19.9 Å². The highest BCUT2D eigenvalue weighted by Crippen LogP contribution is 2.39. The van der Waals surface area contributed by atoms with E-state index < -0.39 is 17.3 Å². The molecule has 7 nitrogen and oxygen atoms in total. The normalized spacial score (nSPS) is 19.6. The third-order valence-electron chi connectivity index (χ3n) is 6.54. The van der Waals surface area contributed by atoms with Crippen LogP contribution in [0.4, 0.5) is 18.9 Å². The Kier molecular flexibility index (Phi) is 8.10. The molecule has 1 aliphatic carbocycles. The van der Waals surface area contributed by atoms with Crippen LogP contribution < -0.4 is 10.9 Å². The summed E-state index contributed by atoms with van der Waals surface area (Å²) >= 11 is 0. The van der Waals surface area contributed by atoms with Gasteiger partial charge in [-0.2, -0.15) is 13.2 Å². The van der Waals surface area contributed by atoms with Crippen LogP contribution in [0.25, 0.3) is 10.9 Å². The molecular weight excluding hydrogens is 497 g/mol. The zero-order valence-electron chi connectivity index (χ0n) is 22.0. The maximum Gasteiger partial charge on any atom is 0.416 e. The van der Waals surface area contributed by atoms with Crippen LogP contribution in [0.5, 0.6) is 0 Å². The second-order valence-corrected chi connectivity index (χ2v) is 9.65. The molecular formula is C28H33F3N4O3. The Balaban J connectivity index is 0.00000164. The molecule has 3 aromatic rings.